The topological polar surface area (TPSA) is 64.1 Å². The van der Waals surface area contributed by atoms with Crippen LogP contribution in [0.3, 0.4) is 0 Å². The van der Waals surface area contributed by atoms with Crippen LogP contribution in [-0.4, -0.2) is 12.1 Å². The molecule has 5 heteroatoms. The van der Waals surface area contributed by atoms with Crippen LogP contribution in [0, 0.1) is 0 Å². The van der Waals surface area contributed by atoms with Crippen LogP contribution in [0.1, 0.15) is 6.42 Å². The van der Waals surface area contributed by atoms with Gasteiger partial charge in [-0.25, -0.2) is 8.78 Å². The van der Waals surface area contributed by atoms with Gasteiger partial charge < -0.3 is 16.8 Å². The average molecular weight is 175 g/mol. The van der Waals surface area contributed by atoms with Crippen molar-refractivity contribution in [3.63, 3.8) is 0 Å². The summed E-state index contributed by atoms with van der Waals surface area (Å²) in [7, 11) is 0. The van der Waals surface area contributed by atoms with Gasteiger partial charge in [-0.15, -0.1) is 0 Å². The quantitative estimate of drug-likeness (QED) is 0.564. The van der Waals surface area contributed by atoms with Gasteiger partial charge in [-0.1, -0.05) is 0 Å². The van der Waals surface area contributed by atoms with Gasteiger partial charge >= 0.3 is 0 Å². The van der Waals surface area contributed by atoms with Crippen molar-refractivity contribution in [2.24, 2.45) is 11.5 Å². The normalized spacial score (nSPS) is 28.5. The third-order valence-electron chi connectivity index (χ3n) is 1.70. The third-order valence-corrected chi connectivity index (χ3v) is 1.70. The lowest BCUT2D eigenvalue weighted by Gasteiger charge is -2.31. The fourth-order valence-corrected chi connectivity index (χ4v) is 1.00. The molecule has 0 aromatic rings. The van der Waals surface area contributed by atoms with Crippen molar-refractivity contribution in [1.82, 2.24) is 5.32 Å². The first kappa shape index (κ1) is 8.99. The molecule has 0 radical (unpaired) electrons. The molecular weight excluding hydrogens is 164 g/mol. The summed E-state index contributed by atoms with van der Waals surface area (Å²) < 4.78 is 24.0. The van der Waals surface area contributed by atoms with Crippen molar-refractivity contribution in [3.05, 3.63) is 24.0 Å². The zero-order chi connectivity index (χ0) is 9.19. The molecule has 0 fully saturated rings. The first-order valence-corrected chi connectivity index (χ1v) is 3.52. The van der Waals surface area contributed by atoms with Crippen LogP contribution in [-0.2, 0) is 0 Å². The Kier molecular flexibility index (Phi) is 2.32. The van der Waals surface area contributed by atoms with Gasteiger partial charge in [0, 0.05) is 5.70 Å². The monoisotopic (exact) mass is 175 g/mol. The molecule has 5 N–H and O–H groups in total. The number of dihydropyridines is 1. The van der Waals surface area contributed by atoms with E-state index in [1.807, 2.05) is 0 Å². The first-order chi connectivity index (χ1) is 5.54. The molecule has 0 bridgehead atoms. The molecule has 1 aliphatic rings. The van der Waals surface area contributed by atoms with Crippen molar-refractivity contribution in [3.8, 4) is 0 Å². The number of hydrogen-bond donors (Lipinski definition) is 3. The Balaban J connectivity index is 2.71. The van der Waals surface area contributed by atoms with Crippen molar-refractivity contribution in [2.45, 2.75) is 18.5 Å². The van der Waals surface area contributed by atoms with Crippen LogP contribution in [0.15, 0.2) is 24.0 Å². The van der Waals surface area contributed by atoms with E-state index in [2.05, 4.69) is 5.32 Å². The molecule has 3 nitrogen and oxygen atoms in total. The number of halogens is 2. The molecule has 0 amide bonds. The molecule has 0 spiro atoms. The van der Waals surface area contributed by atoms with Crippen LogP contribution >= 0.6 is 0 Å². The van der Waals surface area contributed by atoms with Crippen LogP contribution in [0.5, 0.6) is 0 Å². The van der Waals surface area contributed by atoms with E-state index in [1.165, 1.54) is 12.3 Å². The predicted molar refractivity (Wildman–Crippen MR) is 42.1 cm³/mol. The molecule has 0 aliphatic carbocycles. The van der Waals surface area contributed by atoms with Gasteiger partial charge in [-0.2, -0.15) is 0 Å². The van der Waals surface area contributed by atoms with Crippen molar-refractivity contribution < 1.29 is 8.78 Å². The lowest BCUT2D eigenvalue weighted by Crippen LogP contribution is -2.57. The average Bonchev–Trinajstić information content (AvgIpc) is 1.94. The van der Waals surface area contributed by atoms with Gasteiger partial charge in [-0.05, 0) is 18.4 Å². The molecular formula is C7H11F2N3. The summed E-state index contributed by atoms with van der Waals surface area (Å²) in [4.78, 5) is 0. The van der Waals surface area contributed by atoms with Crippen molar-refractivity contribution in [1.29, 1.82) is 0 Å². The van der Waals surface area contributed by atoms with E-state index in [0.29, 0.717) is 0 Å². The minimum atomic E-state index is -2.47. The molecule has 0 saturated carbocycles. The third kappa shape index (κ3) is 1.73. The number of rotatable bonds is 2. The number of alkyl halides is 2. The van der Waals surface area contributed by atoms with Gasteiger partial charge in [-0.3, -0.25) is 0 Å². The fraction of sp³-hybridized carbons (Fsp3) is 0.429. The van der Waals surface area contributed by atoms with Crippen LogP contribution < -0.4 is 16.8 Å². The first-order valence-electron chi connectivity index (χ1n) is 3.52. The summed E-state index contributed by atoms with van der Waals surface area (Å²) in [5.74, 6) is 0. The van der Waals surface area contributed by atoms with Gasteiger partial charge in [0.2, 0.25) is 6.43 Å². The van der Waals surface area contributed by atoms with Gasteiger partial charge in [0.15, 0.2) is 0 Å². The highest BCUT2D eigenvalue weighted by atomic mass is 19.3. The highest BCUT2D eigenvalue weighted by Gasteiger charge is 2.31. The van der Waals surface area contributed by atoms with E-state index in [0.717, 1.165) is 0 Å². The Labute approximate surface area is 69.1 Å². The maximum atomic E-state index is 12.0. The smallest absolute Gasteiger partial charge is 0.242 e. The predicted octanol–water partition coefficient (Wildman–Crippen LogP) is 0.256. The molecule has 68 valence electrons. The second-order valence-electron chi connectivity index (χ2n) is 2.69. The molecule has 1 unspecified atom stereocenters. The zero-order valence-electron chi connectivity index (χ0n) is 6.43. The van der Waals surface area contributed by atoms with E-state index in [9.17, 15) is 8.78 Å². The number of nitrogens with one attached hydrogen (secondary N) is 1. The standard InChI is InChI=1S/C7H11F2N3/c8-6(9)4-7(11)5(10)2-1-3-12-7/h1-3,6,12H,4,10-11H2. The Morgan fingerprint density at radius 1 is 1.58 bits per heavy atom. The summed E-state index contributed by atoms with van der Waals surface area (Å²) >= 11 is 0. The minimum Gasteiger partial charge on any atom is -0.399 e. The summed E-state index contributed by atoms with van der Waals surface area (Å²) in [5, 5.41) is 2.60. The Hall–Kier alpha value is -1.10. The molecule has 1 aliphatic heterocycles. The molecule has 12 heavy (non-hydrogen) atoms. The maximum absolute atomic E-state index is 12.0. The summed E-state index contributed by atoms with van der Waals surface area (Å²) in [6, 6.07) is 0. The van der Waals surface area contributed by atoms with Gasteiger partial charge in [0.25, 0.3) is 0 Å². The van der Waals surface area contributed by atoms with Gasteiger partial charge in [0.1, 0.15) is 5.66 Å². The van der Waals surface area contributed by atoms with Crippen LogP contribution in [0.25, 0.3) is 0 Å². The molecule has 1 heterocycles. The fourth-order valence-electron chi connectivity index (χ4n) is 1.00. The van der Waals surface area contributed by atoms with E-state index in [1.54, 1.807) is 6.08 Å². The largest absolute Gasteiger partial charge is 0.399 e. The summed E-state index contributed by atoms with van der Waals surface area (Å²) in [6.07, 6.45) is 1.67. The lowest BCUT2D eigenvalue weighted by molar-refractivity contribution is 0.107. The van der Waals surface area contributed by atoms with E-state index in [-0.39, 0.29) is 5.70 Å². The number of hydrogen-bond acceptors (Lipinski definition) is 3. The van der Waals surface area contributed by atoms with Gasteiger partial charge in [0.05, 0.1) is 6.42 Å². The highest BCUT2D eigenvalue weighted by Crippen LogP contribution is 2.18. The van der Waals surface area contributed by atoms with E-state index < -0.39 is 18.5 Å². The number of allylic oxidation sites excluding steroid dienone is 2. The SMILES string of the molecule is NC1=CC=CNC1(N)CC(F)F. The second kappa shape index (κ2) is 3.10. The zero-order valence-corrected chi connectivity index (χ0v) is 6.43. The van der Waals surface area contributed by atoms with E-state index >= 15 is 0 Å². The lowest BCUT2D eigenvalue weighted by atomic mass is 10.0. The highest BCUT2D eigenvalue weighted by molar-refractivity contribution is 5.25. The molecule has 1 atom stereocenters. The molecule has 1 rings (SSSR count). The molecule has 0 aromatic heterocycles. The van der Waals surface area contributed by atoms with Crippen molar-refractivity contribution in [2.75, 3.05) is 0 Å². The van der Waals surface area contributed by atoms with Crippen LogP contribution in [0.2, 0.25) is 0 Å². The van der Waals surface area contributed by atoms with Crippen LogP contribution in [0.4, 0.5) is 8.78 Å². The minimum absolute atomic E-state index is 0.227. The Bertz CT molecular complexity index is 225. The second-order valence-corrected chi connectivity index (χ2v) is 2.69. The molecule has 0 saturated heterocycles. The summed E-state index contributed by atoms with van der Waals surface area (Å²) in [6.45, 7) is 0. The summed E-state index contributed by atoms with van der Waals surface area (Å²) in [5.41, 5.74) is 9.96. The van der Waals surface area contributed by atoms with E-state index in [4.69, 9.17) is 11.5 Å². The Morgan fingerprint density at radius 2 is 2.25 bits per heavy atom. The maximum Gasteiger partial charge on any atom is 0.242 e. The molecule has 0 aromatic carbocycles. The Morgan fingerprint density at radius 3 is 2.75 bits per heavy atom. The number of nitrogens with two attached hydrogens (primary N) is 2. The van der Waals surface area contributed by atoms with Crippen molar-refractivity contribution >= 4 is 0 Å².